The highest BCUT2D eigenvalue weighted by Crippen LogP contribution is 2.15. The highest BCUT2D eigenvalue weighted by molar-refractivity contribution is 7.80. The van der Waals surface area contributed by atoms with Gasteiger partial charge in [-0.05, 0) is 18.2 Å². The molecule has 0 aliphatic heterocycles. The maximum Gasteiger partial charge on any atom is 0.338 e. The number of hydrogen-bond donors (Lipinski definition) is 1. The van der Waals surface area contributed by atoms with Crippen LogP contribution in [0.15, 0.2) is 23.1 Å². The topological polar surface area (TPSA) is 26.3 Å². The summed E-state index contributed by atoms with van der Waals surface area (Å²) in [6.45, 7) is 0. The molecule has 0 saturated carbocycles. The molecule has 0 N–H and O–H groups in total. The van der Waals surface area contributed by atoms with Crippen LogP contribution in [0.25, 0.3) is 0 Å². The first kappa shape index (κ1) is 9.06. The molecule has 0 unspecified atom stereocenters. The van der Waals surface area contributed by atoms with Crippen molar-refractivity contribution < 1.29 is 13.9 Å². The molecule has 0 radical (unpaired) electrons. The summed E-state index contributed by atoms with van der Waals surface area (Å²) in [6, 6.07) is 3.69. The number of ether oxygens (including phenoxy) is 1. The van der Waals surface area contributed by atoms with Crippen molar-refractivity contribution >= 4 is 18.6 Å². The van der Waals surface area contributed by atoms with Crippen LogP contribution in [0.1, 0.15) is 10.4 Å². The Kier molecular flexibility index (Phi) is 2.70. The fraction of sp³-hybridized carbons (Fsp3) is 0.125. The monoisotopic (exact) mass is 186 g/mol. The van der Waals surface area contributed by atoms with Crippen molar-refractivity contribution in [2.75, 3.05) is 7.11 Å². The number of halogens is 1. The molecule has 0 aromatic heterocycles. The molecule has 0 aliphatic carbocycles. The van der Waals surface area contributed by atoms with E-state index in [1.165, 1.54) is 19.2 Å². The van der Waals surface area contributed by atoms with Crippen molar-refractivity contribution in [3.05, 3.63) is 29.6 Å². The molecule has 0 spiro atoms. The number of benzene rings is 1. The van der Waals surface area contributed by atoms with Crippen molar-refractivity contribution in [1.82, 2.24) is 0 Å². The van der Waals surface area contributed by atoms with Gasteiger partial charge in [-0.1, -0.05) is 0 Å². The Balaban J connectivity index is 3.09. The second-order valence-electron chi connectivity index (χ2n) is 2.15. The summed E-state index contributed by atoms with van der Waals surface area (Å²) in [5, 5.41) is 0. The molecule has 2 nitrogen and oxygen atoms in total. The number of rotatable bonds is 1. The fourth-order valence-electron chi connectivity index (χ4n) is 0.787. The third-order valence-electron chi connectivity index (χ3n) is 1.37. The highest BCUT2D eigenvalue weighted by atomic mass is 32.1. The first-order valence-electron chi connectivity index (χ1n) is 3.22. The lowest BCUT2D eigenvalue weighted by atomic mass is 10.2. The molecule has 1 rings (SSSR count). The average molecular weight is 186 g/mol. The molecule has 0 saturated heterocycles. The number of esters is 1. The molecule has 0 fully saturated rings. The Morgan fingerprint density at radius 2 is 2.25 bits per heavy atom. The molecule has 12 heavy (non-hydrogen) atoms. The Bertz CT molecular complexity index is 312. The highest BCUT2D eigenvalue weighted by Gasteiger charge is 2.09. The van der Waals surface area contributed by atoms with Gasteiger partial charge in [-0.15, -0.1) is 12.6 Å². The SMILES string of the molecule is COC(=O)c1ccc(F)cc1S. The molecular formula is C8H7FO2S. The zero-order chi connectivity index (χ0) is 9.14. The summed E-state index contributed by atoms with van der Waals surface area (Å²) in [5.41, 5.74) is 0.266. The lowest BCUT2D eigenvalue weighted by Gasteiger charge is -2.01. The Morgan fingerprint density at radius 3 is 2.75 bits per heavy atom. The lowest BCUT2D eigenvalue weighted by Crippen LogP contribution is -2.02. The molecule has 0 amide bonds. The Labute approximate surface area is 74.8 Å². The largest absolute Gasteiger partial charge is 0.465 e. The van der Waals surface area contributed by atoms with E-state index >= 15 is 0 Å². The van der Waals surface area contributed by atoms with E-state index in [0.717, 1.165) is 6.07 Å². The minimum Gasteiger partial charge on any atom is -0.465 e. The van der Waals surface area contributed by atoms with Crippen molar-refractivity contribution in [1.29, 1.82) is 0 Å². The van der Waals surface area contributed by atoms with E-state index in [2.05, 4.69) is 17.4 Å². The summed E-state index contributed by atoms with van der Waals surface area (Å²) >= 11 is 3.92. The molecule has 1 aromatic carbocycles. The molecule has 0 heterocycles. The minimum absolute atomic E-state index is 0.266. The first-order valence-corrected chi connectivity index (χ1v) is 3.66. The average Bonchev–Trinajstić information content (AvgIpc) is 2.03. The van der Waals surface area contributed by atoms with Gasteiger partial charge in [-0.25, -0.2) is 9.18 Å². The van der Waals surface area contributed by atoms with Gasteiger partial charge in [0.15, 0.2) is 0 Å². The van der Waals surface area contributed by atoms with E-state index in [1.54, 1.807) is 0 Å². The Hall–Kier alpha value is -1.03. The summed E-state index contributed by atoms with van der Waals surface area (Å²) in [5.74, 6) is -0.937. The van der Waals surface area contributed by atoms with E-state index in [9.17, 15) is 9.18 Å². The quantitative estimate of drug-likeness (QED) is 0.535. The second kappa shape index (κ2) is 3.58. The van der Waals surface area contributed by atoms with Crippen molar-refractivity contribution in [2.24, 2.45) is 0 Å². The number of carbonyl (C=O) groups is 1. The van der Waals surface area contributed by atoms with Gasteiger partial charge in [0, 0.05) is 4.90 Å². The molecule has 64 valence electrons. The van der Waals surface area contributed by atoms with E-state index in [-0.39, 0.29) is 10.5 Å². The summed E-state index contributed by atoms with van der Waals surface area (Å²) in [4.78, 5) is 11.2. The maximum absolute atomic E-state index is 12.5. The summed E-state index contributed by atoms with van der Waals surface area (Å²) in [7, 11) is 1.26. The second-order valence-corrected chi connectivity index (χ2v) is 2.63. The standard InChI is InChI=1S/C8H7FO2S/c1-11-8(10)6-3-2-5(9)4-7(6)12/h2-4,12H,1H3. The van der Waals surface area contributed by atoms with Gasteiger partial charge in [-0.3, -0.25) is 0 Å². The maximum atomic E-state index is 12.5. The number of hydrogen-bond acceptors (Lipinski definition) is 3. The van der Waals surface area contributed by atoms with Gasteiger partial charge in [0.05, 0.1) is 12.7 Å². The van der Waals surface area contributed by atoms with E-state index in [0.29, 0.717) is 0 Å². The third-order valence-corrected chi connectivity index (χ3v) is 1.74. The van der Waals surface area contributed by atoms with Crippen LogP contribution >= 0.6 is 12.6 Å². The molecule has 4 heteroatoms. The predicted molar refractivity (Wildman–Crippen MR) is 45.0 cm³/mol. The number of carbonyl (C=O) groups excluding carboxylic acids is 1. The normalized spacial score (nSPS) is 9.58. The van der Waals surface area contributed by atoms with Crippen LogP contribution in [0, 0.1) is 5.82 Å². The van der Waals surface area contributed by atoms with E-state index in [4.69, 9.17) is 0 Å². The van der Waals surface area contributed by atoms with Crippen LogP contribution < -0.4 is 0 Å². The van der Waals surface area contributed by atoms with Crippen molar-refractivity contribution in [3.8, 4) is 0 Å². The smallest absolute Gasteiger partial charge is 0.338 e. The molecule has 0 atom stereocenters. The van der Waals surface area contributed by atoms with Crippen LogP contribution in [0.4, 0.5) is 4.39 Å². The van der Waals surface area contributed by atoms with Gasteiger partial charge in [0.25, 0.3) is 0 Å². The van der Waals surface area contributed by atoms with Gasteiger partial charge in [0.2, 0.25) is 0 Å². The van der Waals surface area contributed by atoms with Gasteiger partial charge in [0.1, 0.15) is 5.82 Å². The molecule has 0 bridgehead atoms. The van der Waals surface area contributed by atoms with Gasteiger partial charge >= 0.3 is 5.97 Å². The number of methoxy groups -OCH3 is 1. The van der Waals surface area contributed by atoms with Crippen molar-refractivity contribution in [2.45, 2.75) is 4.90 Å². The predicted octanol–water partition coefficient (Wildman–Crippen LogP) is 1.90. The first-order chi connectivity index (χ1) is 5.65. The minimum atomic E-state index is -0.514. The molecule has 1 aromatic rings. The van der Waals surface area contributed by atoms with Crippen molar-refractivity contribution in [3.63, 3.8) is 0 Å². The lowest BCUT2D eigenvalue weighted by molar-refractivity contribution is 0.0597. The van der Waals surface area contributed by atoms with Gasteiger partial charge in [-0.2, -0.15) is 0 Å². The molecule has 0 aliphatic rings. The van der Waals surface area contributed by atoms with E-state index < -0.39 is 11.8 Å². The van der Waals surface area contributed by atoms with Crippen LogP contribution in [0.5, 0.6) is 0 Å². The van der Waals surface area contributed by atoms with E-state index in [1.807, 2.05) is 0 Å². The van der Waals surface area contributed by atoms with Crippen LogP contribution in [0.3, 0.4) is 0 Å². The fourth-order valence-corrected chi connectivity index (χ4v) is 1.08. The zero-order valence-corrected chi connectivity index (χ0v) is 7.27. The third kappa shape index (κ3) is 1.76. The Morgan fingerprint density at radius 1 is 1.58 bits per heavy atom. The summed E-state index contributed by atoms with van der Waals surface area (Å²) in [6.07, 6.45) is 0. The van der Waals surface area contributed by atoms with Crippen LogP contribution in [0.2, 0.25) is 0 Å². The zero-order valence-electron chi connectivity index (χ0n) is 6.37. The van der Waals surface area contributed by atoms with Gasteiger partial charge < -0.3 is 4.74 Å². The van der Waals surface area contributed by atoms with Crippen LogP contribution in [-0.4, -0.2) is 13.1 Å². The molecular weight excluding hydrogens is 179 g/mol. The van der Waals surface area contributed by atoms with Crippen LogP contribution in [-0.2, 0) is 4.74 Å². The summed E-state index contributed by atoms with van der Waals surface area (Å²) < 4.78 is 17.0. The number of thiol groups is 1.